The van der Waals surface area contributed by atoms with Crippen molar-refractivity contribution in [3.8, 4) is 5.75 Å². The van der Waals surface area contributed by atoms with E-state index in [1.807, 2.05) is 78.9 Å². The zero-order chi connectivity index (χ0) is 26.6. The van der Waals surface area contributed by atoms with Crippen LogP contribution in [0.15, 0.2) is 84.9 Å². The first kappa shape index (κ1) is 27.0. The summed E-state index contributed by atoms with van der Waals surface area (Å²) in [7, 11) is 1.66. The lowest BCUT2D eigenvalue weighted by atomic mass is 10.0. The van der Waals surface area contributed by atoms with Crippen LogP contribution in [0.5, 0.6) is 5.75 Å². The van der Waals surface area contributed by atoms with Crippen LogP contribution < -0.4 is 10.2 Å². The van der Waals surface area contributed by atoms with Crippen LogP contribution in [0.25, 0.3) is 0 Å². The first-order chi connectivity index (χ1) is 18.6. The van der Waals surface area contributed by atoms with Crippen molar-refractivity contribution >= 4 is 12.2 Å². The second-order valence-electron chi connectivity index (χ2n) is 9.28. The van der Waals surface area contributed by atoms with Gasteiger partial charge in [-0.05, 0) is 54.6 Å². The predicted molar refractivity (Wildman–Crippen MR) is 144 cm³/mol. The van der Waals surface area contributed by atoms with E-state index in [1.165, 1.54) is 10.6 Å². The molecule has 1 heterocycles. The molecular formula is C30H35N3O5. The fourth-order valence-corrected chi connectivity index (χ4v) is 4.49. The average molecular weight is 518 g/mol. The van der Waals surface area contributed by atoms with Gasteiger partial charge in [-0.25, -0.2) is 20.0 Å². The van der Waals surface area contributed by atoms with Crippen molar-refractivity contribution in [1.29, 1.82) is 0 Å². The average Bonchev–Trinajstić information content (AvgIpc) is 2.98. The number of methoxy groups -OCH3 is 1. The predicted octanol–water partition coefficient (Wildman–Crippen LogP) is 5.18. The van der Waals surface area contributed by atoms with Crippen molar-refractivity contribution in [2.45, 2.75) is 38.5 Å². The zero-order valence-electron chi connectivity index (χ0n) is 21.8. The van der Waals surface area contributed by atoms with Crippen LogP contribution >= 0.6 is 0 Å². The van der Waals surface area contributed by atoms with E-state index in [4.69, 9.17) is 14.2 Å². The normalized spacial score (nSPS) is 15.3. The Balaban J connectivity index is 1.38. The van der Waals surface area contributed by atoms with Gasteiger partial charge < -0.3 is 19.1 Å². The van der Waals surface area contributed by atoms with Crippen molar-refractivity contribution in [2.24, 2.45) is 0 Å². The van der Waals surface area contributed by atoms with Crippen molar-refractivity contribution in [2.75, 3.05) is 26.7 Å². The van der Waals surface area contributed by atoms with E-state index >= 15 is 0 Å². The minimum absolute atomic E-state index is 0.108. The molecule has 2 amide bonds. The van der Waals surface area contributed by atoms with Crippen molar-refractivity contribution in [3.63, 3.8) is 0 Å². The monoisotopic (exact) mass is 517 g/mol. The molecule has 0 aromatic heterocycles. The van der Waals surface area contributed by atoms with Crippen molar-refractivity contribution in [1.82, 2.24) is 15.3 Å². The summed E-state index contributed by atoms with van der Waals surface area (Å²) in [6.45, 7) is 2.59. The van der Waals surface area contributed by atoms with E-state index in [0.29, 0.717) is 6.54 Å². The van der Waals surface area contributed by atoms with Gasteiger partial charge in [0.05, 0.1) is 13.2 Å². The van der Waals surface area contributed by atoms with Crippen LogP contribution in [0.4, 0.5) is 9.59 Å². The Morgan fingerprint density at radius 1 is 0.895 bits per heavy atom. The Hall–Kier alpha value is -4.04. The Labute approximate surface area is 224 Å². The second kappa shape index (κ2) is 14.0. The zero-order valence-corrected chi connectivity index (χ0v) is 21.8. The quantitative estimate of drug-likeness (QED) is 0.394. The highest BCUT2D eigenvalue weighted by atomic mass is 16.6. The maximum atomic E-state index is 13.2. The standard InChI is InChI=1S/C30H35N3O5/c1-36-28-16-8-14-24(20-28)17-19-32-18-9-15-27(21-32)33(30(35)38-23-26-12-6-3-7-13-26)31-29(34)37-22-25-10-4-2-5-11-25/h2-8,10-14,16,20,27H,9,15,17-19,21-23H2,1H3,(H,31,34). The van der Waals surface area contributed by atoms with Crippen LogP contribution in [0, 0.1) is 0 Å². The van der Waals surface area contributed by atoms with Gasteiger partial charge in [0.1, 0.15) is 19.0 Å². The number of benzene rings is 3. The van der Waals surface area contributed by atoms with E-state index in [2.05, 4.69) is 16.4 Å². The summed E-state index contributed by atoms with van der Waals surface area (Å²) in [6.07, 6.45) is 1.19. The van der Waals surface area contributed by atoms with Gasteiger partial charge in [-0.3, -0.25) is 0 Å². The number of rotatable bonds is 9. The van der Waals surface area contributed by atoms with E-state index < -0.39 is 12.2 Å². The Morgan fingerprint density at radius 3 is 2.24 bits per heavy atom. The largest absolute Gasteiger partial charge is 0.497 e. The number of nitrogens with zero attached hydrogens (tertiary/aromatic N) is 2. The van der Waals surface area contributed by atoms with Crippen LogP contribution in [-0.4, -0.2) is 54.9 Å². The number of hydrogen-bond acceptors (Lipinski definition) is 6. The Morgan fingerprint density at radius 2 is 1.55 bits per heavy atom. The first-order valence-corrected chi connectivity index (χ1v) is 12.9. The highest BCUT2D eigenvalue weighted by molar-refractivity contribution is 5.74. The van der Waals surface area contributed by atoms with Gasteiger partial charge in [0, 0.05) is 13.1 Å². The molecular weight excluding hydrogens is 482 g/mol. The fraction of sp³-hybridized carbons (Fsp3) is 0.333. The number of nitrogens with one attached hydrogen (secondary N) is 1. The summed E-state index contributed by atoms with van der Waals surface area (Å²) in [4.78, 5) is 28.2. The van der Waals surface area contributed by atoms with Crippen LogP contribution in [0.3, 0.4) is 0 Å². The van der Waals surface area contributed by atoms with Gasteiger partial charge in [0.15, 0.2) is 0 Å². The minimum atomic E-state index is -0.695. The molecule has 3 aromatic carbocycles. The molecule has 1 aliphatic rings. The number of piperidine rings is 1. The Kier molecular flexibility index (Phi) is 9.98. The molecule has 0 bridgehead atoms. The third-order valence-corrected chi connectivity index (χ3v) is 6.52. The van der Waals surface area contributed by atoms with Gasteiger partial charge in [-0.1, -0.05) is 72.8 Å². The van der Waals surface area contributed by atoms with Gasteiger partial charge in [0.25, 0.3) is 0 Å². The summed E-state index contributed by atoms with van der Waals surface area (Å²) in [5.41, 5.74) is 5.58. The SMILES string of the molecule is COc1cccc(CCN2CCCC(N(NC(=O)OCc3ccccc3)C(=O)OCc3ccccc3)C2)c1. The van der Waals surface area contributed by atoms with Gasteiger partial charge >= 0.3 is 12.2 Å². The molecule has 1 N–H and O–H groups in total. The van der Waals surface area contributed by atoms with Gasteiger partial charge in [-0.2, -0.15) is 0 Å². The molecule has 8 heteroatoms. The number of carbonyl (C=O) groups excluding carboxylic acids is 2. The number of ether oxygens (including phenoxy) is 3. The highest BCUT2D eigenvalue weighted by Gasteiger charge is 2.31. The van der Waals surface area contributed by atoms with Crippen LogP contribution in [0.1, 0.15) is 29.5 Å². The molecule has 0 spiro atoms. The molecule has 8 nitrogen and oxygen atoms in total. The van der Waals surface area contributed by atoms with Gasteiger partial charge in [0.2, 0.25) is 0 Å². The van der Waals surface area contributed by atoms with E-state index in [0.717, 1.165) is 49.2 Å². The van der Waals surface area contributed by atoms with E-state index in [1.54, 1.807) is 7.11 Å². The summed E-state index contributed by atoms with van der Waals surface area (Å²) >= 11 is 0. The maximum absolute atomic E-state index is 13.2. The topological polar surface area (TPSA) is 80.3 Å². The van der Waals surface area contributed by atoms with Crippen molar-refractivity contribution in [3.05, 3.63) is 102 Å². The summed E-state index contributed by atoms with van der Waals surface area (Å²) in [5.74, 6) is 0.838. The molecule has 200 valence electrons. The molecule has 1 saturated heterocycles. The highest BCUT2D eigenvalue weighted by Crippen LogP contribution is 2.19. The molecule has 1 atom stereocenters. The number of hydrogen-bond donors (Lipinski definition) is 1. The van der Waals surface area contributed by atoms with Crippen molar-refractivity contribution < 1.29 is 23.8 Å². The number of carbonyl (C=O) groups is 2. The van der Waals surface area contributed by atoms with E-state index in [-0.39, 0.29) is 19.3 Å². The molecule has 38 heavy (non-hydrogen) atoms. The molecule has 0 aliphatic carbocycles. The molecule has 1 unspecified atom stereocenters. The van der Waals surface area contributed by atoms with Crippen LogP contribution in [0.2, 0.25) is 0 Å². The lowest BCUT2D eigenvalue weighted by molar-refractivity contribution is 0.0258. The molecule has 1 fully saturated rings. The summed E-state index contributed by atoms with van der Waals surface area (Å²) in [5, 5.41) is 1.30. The van der Waals surface area contributed by atoms with Crippen LogP contribution in [-0.2, 0) is 29.1 Å². The lowest BCUT2D eigenvalue weighted by Gasteiger charge is -2.38. The third-order valence-electron chi connectivity index (χ3n) is 6.52. The molecule has 0 saturated carbocycles. The number of hydrazine groups is 1. The molecule has 1 aliphatic heterocycles. The fourth-order valence-electron chi connectivity index (χ4n) is 4.49. The smallest absolute Gasteiger partial charge is 0.429 e. The first-order valence-electron chi connectivity index (χ1n) is 12.9. The van der Waals surface area contributed by atoms with E-state index in [9.17, 15) is 9.59 Å². The maximum Gasteiger partial charge on any atom is 0.429 e. The third kappa shape index (κ3) is 8.24. The molecule has 0 radical (unpaired) electrons. The second-order valence-corrected chi connectivity index (χ2v) is 9.28. The summed E-state index contributed by atoms with van der Waals surface area (Å²) < 4.78 is 16.3. The lowest BCUT2D eigenvalue weighted by Crippen LogP contribution is -2.57. The Bertz CT molecular complexity index is 1160. The number of likely N-dealkylation sites (tertiary alicyclic amines) is 1. The van der Waals surface area contributed by atoms with Gasteiger partial charge in [-0.15, -0.1) is 0 Å². The summed E-state index contributed by atoms with van der Waals surface area (Å²) in [6, 6.07) is 26.7. The number of amides is 2. The molecule has 4 rings (SSSR count). The molecule has 3 aromatic rings. The minimum Gasteiger partial charge on any atom is -0.497 e.